The largest absolute Gasteiger partial charge is 0.370 e. The molecule has 1 aromatic heterocycles. The van der Waals surface area contributed by atoms with Gasteiger partial charge in [0, 0.05) is 32.0 Å². The molecule has 1 aromatic rings. The van der Waals surface area contributed by atoms with Crippen LogP contribution < -0.4 is 16.0 Å². The number of amides is 2. The second kappa shape index (κ2) is 6.36. The highest BCUT2D eigenvalue weighted by molar-refractivity contribution is 5.98. The maximum absolute atomic E-state index is 12.0. The SMILES string of the molecule is CCNC(=O)C1CCCN(c2ccncc2C(N)=O)C1. The topological polar surface area (TPSA) is 88.3 Å². The molecule has 2 heterocycles. The molecule has 1 aliphatic heterocycles. The number of carbonyl (C=O) groups is 2. The third kappa shape index (κ3) is 3.07. The summed E-state index contributed by atoms with van der Waals surface area (Å²) in [5.41, 5.74) is 6.55. The van der Waals surface area contributed by atoms with Gasteiger partial charge in [0.25, 0.3) is 5.91 Å². The first-order valence-electron chi connectivity index (χ1n) is 6.90. The van der Waals surface area contributed by atoms with Crippen molar-refractivity contribution < 1.29 is 9.59 Å². The Hall–Kier alpha value is -2.11. The number of aromatic nitrogens is 1. The number of nitrogens with one attached hydrogen (secondary N) is 1. The Morgan fingerprint density at radius 2 is 2.35 bits per heavy atom. The van der Waals surface area contributed by atoms with Gasteiger partial charge >= 0.3 is 0 Å². The fourth-order valence-electron chi connectivity index (χ4n) is 2.58. The van der Waals surface area contributed by atoms with Crippen LogP contribution in [-0.2, 0) is 4.79 Å². The van der Waals surface area contributed by atoms with E-state index in [9.17, 15) is 9.59 Å². The van der Waals surface area contributed by atoms with E-state index in [2.05, 4.69) is 10.3 Å². The molecule has 1 fully saturated rings. The van der Waals surface area contributed by atoms with Crippen molar-refractivity contribution in [3.05, 3.63) is 24.0 Å². The molecular weight excluding hydrogens is 256 g/mol. The van der Waals surface area contributed by atoms with E-state index in [0.717, 1.165) is 25.1 Å². The molecule has 2 amide bonds. The molecule has 0 spiro atoms. The normalized spacial score (nSPS) is 18.6. The van der Waals surface area contributed by atoms with Crippen LogP contribution in [0.3, 0.4) is 0 Å². The molecule has 0 radical (unpaired) electrons. The molecule has 1 saturated heterocycles. The lowest BCUT2D eigenvalue weighted by Crippen LogP contribution is -2.43. The van der Waals surface area contributed by atoms with Crippen LogP contribution in [0.15, 0.2) is 18.5 Å². The average Bonchev–Trinajstić information content (AvgIpc) is 2.47. The summed E-state index contributed by atoms with van der Waals surface area (Å²) in [6, 6.07) is 1.78. The van der Waals surface area contributed by atoms with Crippen LogP contribution >= 0.6 is 0 Å². The lowest BCUT2D eigenvalue weighted by molar-refractivity contribution is -0.125. The number of primary amides is 1. The van der Waals surface area contributed by atoms with Crippen molar-refractivity contribution in [2.45, 2.75) is 19.8 Å². The highest BCUT2D eigenvalue weighted by Gasteiger charge is 2.27. The Kier molecular flexibility index (Phi) is 4.55. The van der Waals surface area contributed by atoms with Crippen LogP contribution in [0.4, 0.5) is 5.69 Å². The molecule has 0 saturated carbocycles. The van der Waals surface area contributed by atoms with Gasteiger partial charge in [-0.05, 0) is 25.8 Å². The zero-order valence-corrected chi connectivity index (χ0v) is 11.6. The van der Waals surface area contributed by atoms with Crippen molar-refractivity contribution in [3.8, 4) is 0 Å². The summed E-state index contributed by atoms with van der Waals surface area (Å²) in [6.07, 6.45) is 4.91. The van der Waals surface area contributed by atoms with Gasteiger partial charge in [-0.25, -0.2) is 0 Å². The summed E-state index contributed by atoms with van der Waals surface area (Å²) in [4.78, 5) is 29.4. The van der Waals surface area contributed by atoms with E-state index in [4.69, 9.17) is 5.73 Å². The van der Waals surface area contributed by atoms with Crippen LogP contribution in [0.1, 0.15) is 30.1 Å². The first-order chi connectivity index (χ1) is 9.63. The van der Waals surface area contributed by atoms with E-state index < -0.39 is 5.91 Å². The van der Waals surface area contributed by atoms with Gasteiger partial charge in [0.05, 0.1) is 17.2 Å². The molecule has 0 aromatic carbocycles. The molecule has 1 unspecified atom stereocenters. The van der Waals surface area contributed by atoms with Crippen LogP contribution in [0.25, 0.3) is 0 Å². The minimum Gasteiger partial charge on any atom is -0.370 e. The molecule has 1 aliphatic rings. The zero-order valence-electron chi connectivity index (χ0n) is 11.6. The van der Waals surface area contributed by atoms with Gasteiger partial charge in [-0.1, -0.05) is 0 Å². The van der Waals surface area contributed by atoms with Crippen molar-refractivity contribution in [3.63, 3.8) is 0 Å². The number of pyridine rings is 1. The third-order valence-electron chi connectivity index (χ3n) is 3.55. The molecule has 6 heteroatoms. The van der Waals surface area contributed by atoms with Gasteiger partial charge in [0.2, 0.25) is 5.91 Å². The number of nitrogens with zero attached hydrogens (tertiary/aromatic N) is 2. The van der Waals surface area contributed by atoms with E-state index in [1.54, 1.807) is 12.3 Å². The molecule has 2 rings (SSSR count). The smallest absolute Gasteiger partial charge is 0.252 e. The van der Waals surface area contributed by atoms with E-state index in [0.29, 0.717) is 18.7 Å². The molecular formula is C14H20N4O2. The quantitative estimate of drug-likeness (QED) is 0.839. The second-order valence-electron chi connectivity index (χ2n) is 4.94. The Morgan fingerprint density at radius 3 is 3.05 bits per heavy atom. The highest BCUT2D eigenvalue weighted by atomic mass is 16.2. The lowest BCUT2D eigenvalue weighted by Gasteiger charge is -2.34. The Labute approximate surface area is 118 Å². The summed E-state index contributed by atoms with van der Waals surface area (Å²) in [6.45, 7) is 3.97. The monoisotopic (exact) mass is 276 g/mol. The Morgan fingerprint density at radius 1 is 1.55 bits per heavy atom. The van der Waals surface area contributed by atoms with E-state index in [-0.39, 0.29) is 11.8 Å². The summed E-state index contributed by atoms with van der Waals surface area (Å²) in [7, 11) is 0. The number of hydrogen-bond acceptors (Lipinski definition) is 4. The third-order valence-corrected chi connectivity index (χ3v) is 3.55. The molecule has 6 nitrogen and oxygen atoms in total. The van der Waals surface area contributed by atoms with E-state index in [1.807, 2.05) is 11.8 Å². The minimum atomic E-state index is -0.492. The second-order valence-corrected chi connectivity index (χ2v) is 4.94. The molecule has 20 heavy (non-hydrogen) atoms. The number of carbonyl (C=O) groups excluding carboxylic acids is 2. The maximum Gasteiger partial charge on any atom is 0.252 e. The highest BCUT2D eigenvalue weighted by Crippen LogP contribution is 2.25. The number of anilines is 1. The average molecular weight is 276 g/mol. The van der Waals surface area contributed by atoms with Crippen molar-refractivity contribution in [1.29, 1.82) is 0 Å². The molecule has 108 valence electrons. The molecule has 3 N–H and O–H groups in total. The van der Waals surface area contributed by atoms with Gasteiger partial charge in [0.1, 0.15) is 0 Å². The van der Waals surface area contributed by atoms with Crippen LogP contribution in [-0.4, -0.2) is 36.4 Å². The number of rotatable bonds is 4. The summed E-state index contributed by atoms with van der Waals surface area (Å²) in [5.74, 6) is -0.460. The van der Waals surface area contributed by atoms with Crippen molar-refractivity contribution in [2.75, 3.05) is 24.5 Å². The standard InChI is InChI=1S/C14H20N4O2/c1-2-17-14(20)10-4-3-7-18(9-10)12-5-6-16-8-11(12)13(15)19/h5-6,8,10H,2-4,7,9H2,1H3,(H2,15,19)(H,17,20). The van der Waals surface area contributed by atoms with Gasteiger partial charge in [-0.3, -0.25) is 14.6 Å². The summed E-state index contributed by atoms with van der Waals surface area (Å²) < 4.78 is 0. The zero-order chi connectivity index (χ0) is 14.5. The van der Waals surface area contributed by atoms with Gasteiger partial charge in [-0.2, -0.15) is 0 Å². The Balaban J connectivity index is 2.17. The Bertz CT molecular complexity index is 504. The van der Waals surface area contributed by atoms with Gasteiger partial charge in [0.15, 0.2) is 0 Å². The van der Waals surface area contributed by atoms with E-state index >= 15 is 0 Å². The molecule has 1 atom stereocenters. The van der Waals surface area contributed by atoms with Crippen LogP contribution in [0.5, 0.6) is 0 Å². The summed E-state index contributed by atoms with van der Waals surface area (Å²) >= 11 is 0. The van der Waals surface area contributed by atoms with Gasteiger partial charge < -0.3 is 16.0 Å². The van der Waals surface area contributed by atoms with E-state index in [1.165, 1.54) is 6.20 Å². The first-order valence-corrected chi connectivity index (χ1v) is 6.90. The maximum atomic E-state index is 12.0. The number of nitrogens with two attached hydrogens (primary N) is 1. The van der Waals surface area contributed by atoms with Crippen LogP contribution in [0, 0.1) is 5.92 Å². The van der Waals surface area contributed by atoms with Crippen molar-refractivity contribution in [1.82, 2.24) is 10.3 Å². The predicted octanol–water partition coefficient (Wildman–Crippen LogP) is 0.533. The minimum absolute atomic E-state index is 0.0439. The fourth-order valence-corrected chi connectivity index (χ4v) is 2.58. The van der Waals surface area contributed by atoms with Crippen molar-refractivity contribution >= 4 is 17.5 Å². The first kappa shape index (κ1) is 14.3. The summed E-state index contributed by atoms with van der Waals surface area (Å²) in [5, 5.41) is 2.86. The fraction of sp³-hybridized carbons (Fsp3) is 0.500. The lowest BCUT2D eigenvalue weighted by atomic mass is 9.96. The molecule has 0 aliphatic carbocycles. The molecule has 0 bridgehead atoms. The van der Waals surface area contributed by atoms with Gasteiger partial charge in [-0.15, -0.1) is 0 Å². The van der Waals surface area contributed by atoms with Crippen molar-refractivity contribution in [2.24, 2.45) is 11.7 Å². The predicted molar refractivity (Wildman–Crippen MR) is 76.4 cm³/mol. The van der Waals surface area contributed by atoms with Crippen LogP contribution in [0.2, 0.25) is 0 Å². The number of hydrogen-bond donors (Lipinski definition) is 2. The number of piperidine rings is 1.